The second-order valence-electron chi connectivity index (χ2n) is 7.33. The smallest absolute Gasteiger partial charge is 0.319 e. The van der Waals surface area contributed by atoms with Crippen molar-refractivity contribution < 1.29 is 14.4 Å². The lowest BCUT2D eigenvalue weighted by Crippen LogP contribution is -2.41. The minimum atomic E-state index is -0.318. The number of hydrogen-bond acceptors (Lipinski definition) is 4. The standard InChI is InChI=1S/C21H26N4O3S/c1-14(2)22-21(28)24-17-7-4-3-6-16(17)23-19(26)15-9-11-25(12-10-15)20(27)18-8-5-13-29-18/h3-8,13-15H,9-12H2,1-2H3,(H,23,26)(H2,22,24,28). The number of thiophene rings is 1. The molecule has 1 aliphatic rings. The normalized spacial score (nSPS) is 14.5. The number of nitrogens with one attached hydrogen (secondary N) is 3. The van der Waals surface area contributed by atoms with Gasteiger partial charge in [0, 0.05) is 25.0 Å². The molecule has 1 saturated heterocycles. The van der Waals surface area contributed by atoms with Gasteiger partial charge in [0.1, 0.15) is 0 Å². The van der Waals surface area contributed by atoms with Gasteiger partial charge >= 0.3 is 6.03 Å². The third kappa shape index (κ3) is 5.57. The maximum Gasteiger partial charge on any atom is 0.319 e. The zero-order valence-corrected chi connectivity index (χ0v) is 17.4. The summed E-state index contributed by atoms with van der Waals surface area (Å²) in [7, 11) is 0. The summed E-state index contributed by atoms with van der Waals surface area (Å²) >= 11 is 1.43. The van der Waals surface area contributed by atoms with E-state index >= 15 is 0 Å². The van der Waals surface area contributed by atoms with Gasteiger partial charge in [-0.05, 0) is 50.3 Å². The maximum absolute atomic E-state index is 12.7. The molecule has 0 saturated carbocycles. The topological polar surface area (TPSA) is 90.5 Å². The van der Waals surface area contributed by atoms with Crippen molar-refractivity contribution >= 4 is 40.6 Å². The molecule has 0 spiro atoms. The van der Waals surface area contributed by atoms with E-state index in [1.165, 1.54) is 11.3 Å². The van der Waals surface area contributed by atoms with Gasteiger partial charge in [0.2, 0.25) is 5.91 Å². The van der Waals surface area contributed by atoms with Crippen LogP contribution in [0.25, 0.3) is 0 Å². The Morgan fingerprint density at radius 1 is 1.00 bits per heavy atom. The first-order valence-electron chi connectivity index (χ1n) is 9.74. The molecule has 4 amide bonds. The summed E-state index contributed by atoms with van der Waals surface area (Å²) in [4.78, 5) is 39.7. The third-order valence-electron chi connectivity index (χ3n) is 4.74. The minimum Gasteiger partial charge on any atom is -0.338 e. The van der Waals surface area contributed by atoms with E-state index in [0.29, 0.717) is 37.3 Å². The number of rotatable bonds is 5. The summed E-state index contributed by atoms with van der Waals surface area (Å²) in [6.45, 7) is 4.88. The van der Waals surface area contributed by atoms with Gasteiger partial charge in [-0.1, -0.05) is 18.2 Å². The molecule has 2 aromatic rings. The van der Waals surface area contributed by atoms with Crippen LogP contribution in [0.4, 0.5) is 16.2 Å². The number of benzene rings is 1. The molecular weight excluding hydrogens is 388 g/mol. The predicted molar refractivity (Wildman–Crippen MR) is 115 cm³/mol. The van der Waals surface area contributed by atoms with Crippen LogP contribution in [0.2, 0.25) is 0 Å². The van der Waals surface area contributed by atoms with Crippen molar-refractivity contribution in [3.8, 4) is 0 Å². The predicted octanol–water partition coefficient (Wildman–Crippen LogP) is 3.77. The van der Waals surface area contributed by atoms with Crippen molar-refractivity contribution in [1.29, 1.82) is 0 Å². The Labute approximate surface area is 174 Å². The number of carbonyl (C=O) groups is 3. The summed E-state index contributed by atoms with van der Waals surface area (Å²) in [5, 5.41) is 10.4. The van der Waals surface area contributed by atoms with Crippen molar-refractivity contribution in [3.05, 3.63) is 46.7 Å². The molecule has 0 atom stereocenters. The fourth-order valence-corrected chi connectivity index (χ4v) is 3.95. The average molecular weight is 415 g/mol. The van der Waals surface area contributed by atoms with Crippen LogP contribution >= 0.6 is 11.3 Å². The number of amides is 4. The molecular formula is C21H26N4O3S. The van der Waals surface area contributed by atoms with Crippen LogP contribution in [0.5, 0.6) is 0 Å². The molecule has 1 fully saturated rings. The Morgan fingerprint density at radius 3 is 2.24 bits per heavy atom. The molecule has 1 aromatic heterocycles. The van der Waals surface area contributed by atoms with Gasteiger partial charge in [-0.15, -0.1) is 11.3 Å². The van der Waals surface area contributed by atoms with Gasteiger partial charge < -0.3 is 20.9 Å². The SMILES string of the molecule is CC(C)NC(=O)Nc1ccccc1NC(=O)C1CCN(C(=O)c2cccs2)CC1. The fraction of sp³-hybridized carbons (Fsp3) is 0.381. The fourth-order valence-electron chi connectivity index (χ4n) is 3.26. The first-order chi connectivity index (χ1) is 13.9. The number of likely N-dealkylation sites (tertiary alicyclic amines) is 1. The first kappa shape index (κ1) is 20.9. The largest absolute Gasteiger partial charge is 0.338 e. The summed E-state index contributed by atoms with van der Waals surface area (Å²) < 4.78 is 0. The zero-order chi connectivity index (χ0) is 20.8. The van der Waals surface area contributed by atoms with E-state index in [-0.39, 0.29) is 29.8 Å². The van der Waals surface area contributed by atoms with E-state index in [2.05, 4.69) is 16.0 Å². The molecule has 1 aromatic carbocycles. The lowest BCUT2D eigenvalue weighted by Gasteiger charge is -2.31. The van der Waals surface area contributed by atoms with Crippen molar-refractivity contribution in [3.63, 3.8) is 0 Å². The van der Waals surface area contributed by atoms with Crippen molar-refractivity contribution in [2.24, 2.45) is 5.92 Å². The molecule has 0 bridgehead atoms. The average Bonchev–Trinajstić information content (AvgIpc) is 3.23. The second-order valence-corrected chi connectivity index (χ2v) is 8.28. The Hall–Kier alpha value is -2.87. The summed E-state index contributed by atoms with van der Waals surface area (Å²) in [6, 6.07) is 10.5. The third-order valence-corrected chi connectivity index (χ3v) is 5.60. The molecule has 0 radical (unpaired) electrons. The van der Waals surface area contributed by atoms with Crippen LogP contribution in [0, 0.1) is 5.92 Å². The van der Waals surface area contributed by atoms with E-state index in [0.717, 1.165) is 4.88 Å². The van der Waals surface area contributed by atoms with E-state index in [1.807, 2.05) is 37.4 Å². The molecule has 0 aliphatic carbocycles. The number of para-hydroxylation sites is 2. The Balaban J connectivity index is 1.56. The van der Waals surface area contributed by atoms with Crippen LogP contribution < -0.4 is 16.0 Å². The number of piperidine rings is 1. The molecule has 0 unspecified atom stereocenters. The van der Waals surface area contributed by atoms with Crippen LogP contribution in [0.15, 0.2) is 41.8 Å². The number of carbonyl (C=O) groups excluding carboxylic acids is 3. The van der Waals surface area contributed by atoms with Gasteiger partial charge in [-0.3, -0.25) is 9.59 Å². The highest BCUT2D eigenvalue weighted by Gasteiger charge is 2.28. The summed E-state index contributed by atoms with van der Waals surface area (Å²) in [5.74, 6) is -0.226. The Bertz CT molecular complexity index is 859. The number of nitrogens with zero attached hydrogens (tertiary/aromatic N) is 1. The summed E-state index contributed by atoms with van der Waals surface area (Å²) in [5.41, 5.74) is 1.11. The highest BCUT2D eigenvalue weighted by atomic mass is 32.1. The summed E-state index contributed by atoms with van der Waals surface area (Å²) in [6.07, 6.45) is 1.23. The van der Waals surface area contributed by atoms with E-state index in [4.69, 9.17) is 0 Å². The van der Waals surface area contributed by atoms with Crippen LogP contribution in [0.1, 0.15) is 36.4 Å². The highest BCUT2D eigenvalue weighted by molar-refractivity contribution is 7.12. The van der Waals surface area contributed by atoms with E-state index in [9.17, 15) is 14.4 Å². The quantitative estimate of drug-likeness (QED) is 0.696. The molecule has 3 rings (SSSR count). The van der Waals surface area contributed by atoms with Crippen molar-refractivity contribution in [2.75, 3.05) is 23.7 Å². The lowest BCUT2D eigenvalue weighted by molar-refractivity contribution is -0.121. The monoisotopic (exact) mass is 414 g/mol. The van der Waals surface area contributed by atoms with Gasteiger partial charge in [0.05, 0.1) is 16.3 Å². The van der Waals surface area contributed by atoms with Gasteiger partial charge in [0.15, 0.2) is 0 Å². The number of anilines is 2. The second kappa shape index (κ2) is 9.56. The number of hydrogen-bond donors (Lipinski definition) is 3. The van der Waals surface area contributed by atoms with Crippen molar-refractivity contribution in [2.45, 2.75) is 32.7 Å². The zero-order valence-electron chi connectivity index (χ0n) is 16.6. The molecule has 7 nitrogen and oxygen atoms in total. The molecule has 154 valence electrons. The Kier molecular flexibility index (Phi) is 6.87. The maximum atomic E-state index is 12.7. The Morgan fingerprint density at radius 2 is 1.66 bits per heavy atom. The van der Waals surface area contributed by atoms with Gasteiger partial charge in [-0.25, -0.2) is 4.79 Å². The molecule has 8 heteroatoms. The van der Waals surface area contributed by atoms with Gasteiger partial charge in [-0.2, -0.15) is 0 Å². The molecule has 29 heavy (non-hydrogen) atoms. The van der Waals surface area contributed by atoms with Crippen molar-refractivity contribution in [1.82, 2.24) is 10.2 Å². The minimum absolute atomic E-state index is 0.0128. The highest BCUT2D eigenvalue weighted by Crippen LogP contribution is 2.25. The van der Waals surface area contributed by atoms with Crippen LogP contribution in [0.3, 0.4) is 0 Å². The molecule has 1 aliphatic heterocycles. The molecule has 3 N–H and O–H groups in total. The van der Waals surface area contributed by atoms with Crippen LogP contribution in [-0.2, 0) is 4.79 Å². The molecule has 2 heterocycles. The lowest BCUT2D eigenvalue weighted by atomic mass is 9.95. The van der Waals surface area contributed by atoms with E-state index in [1.54, 1.807) is 23.1 Å². The number of urea groups is 1. The first-order valence-corrected chi connectivity index (χ1v) is 10.6. The van der Waals surface area contributed by atoms with Gasteiger partial charge in [0.25, 0.3) is 5.91 Å². The van der Waals surface area contributed by atoms with Crippen LogP contribution in [-0.4, -0.2) is 41.9 Å². The van der Waals surface area contributed by atoms with E-state index < -0.39 is 0 Å².